The first-order valence-electron chi connectivity index (χ1n) is 8.37. The Hall–Kier alpha value is -2.61. The maximum absolute atomic E-state index is 12.7. The van der Waals surface area contributed by atoms with Crippen molar-refractivity contribution in [1.82, 2.24) is 20.3 Å². The third-order valence-corrected chi connectivity index (χ3v) is 6.47. The monoisotopic (exact) mass is 496 g/mol. The Bertz CT molecular complexity index is 1170. The van der Waals surface area contributed by atoms with Crippen LogP contribution in [0.5, 0.6) is 5.75 Å². The summed E-state index contributed by atoms with van der Waals surface area (Å²) >= 11 is 3.37. The van der Waals surface area contributed by atoms with Crippen molar-refractivity contribution in [2.24, 2.45) is 0 Å². The molecule has 0 saturated heterocycles. The molecule has 0 fully saturated rings. The van der Waals surface area contributed by atoms with Gasteiger partial charge >= 0.3 is 5.97 Å². The van der Waals surface area contributed by atoms with E-state index in [0.29, 0.717) is 21.1 Å². The van der Waals surface area contributed by atoms with Gasteiger partial charge < -0.3 is 9.57 Å². The molecular weight excluding hydrogens is 480 g/mol. The molecule has 3 rings (SSSR count). The Labute approximate surface area is 180 Å². The Morgan fingerprint density at radius 3 is 2.53 bits per heavy atom. The number of hydrazine groups is 2. The summed E-state index contributed by atoms with van der Waals surface area (Å²) in [5, 5.41) is 10.3. The molecule has 30 heavy (non-hydrogen) atoms. The van der Waals surface area contributed by atoms with Crippen molar-refractivity contribution in [1.29, 1.82) is 0 Å². The zero-order chi connectivity index (χ0) is 21.9. The number of carbonyl (C=O) groups is 1. The fraction of sp³-hybridized carbons (Fsp3) is 0.111. The first-order valence-corrected chi connectivity index (χ1v) is 10.6. The lowest BCUT2D eigenvalue weighted by Gasteiger charge is -2.26. The second-order valence-electron chi connectivity index (χ2n) is 5.90. The molecule has 0 radical (unpaired) electrons. The fourth-order valence-electron chi connectivity index (χ4n) is 2.51. The number of hydrogen-bond donors (Lipinski definition) is 2. The van der Waals surface area contributed by atoms with Gasteiger partial charge in [-0.3, -0.25) is 10.2 Å². The molecule has 2 N–H and O–H groups in total. The van der Waals surface area contributed by atoms with Crippen molar-refractivity contribution in [2.45, 2.75) is 4.90 Å². The summed E-state index contributed by atoms with van der Waals surface area (Å²) < 4.78 is 31.8. The normalized spacial score (nSPS) is 11.8. The fourth-order valence-corrected chi connectivity index (χ4v) is 4.04. The van der Waals surface area contributed by atoms with Crippen LogP contribution in [0.3, 0.4) is 0 Å². The van der Waals surface area contributed by atoms with Crippen LogP contribution < -0.4 is 10.3 Å². The number of nitrogens with one attached hydrogen (secondary N) is 1. The number of ether oxygens (including phenoxy) is 1. The number of hydrogen-bond acceptors (Lipinski definition) is 9. The lowest BCUT2D eigenvalue weighted by Crippen LogP contribution is -2.51. The van der Waals surface area contributed by atoms with Crippen molar-refractivity contribution >= 4 is 42.8 Å². The number of sulfonamides is 1. The largest absolute Gasteiger partial charge is 0.497 e. The average Bonchev–Trinajstić information content (AvgIpc) is 2.76. The number of pyridine rings is 1. The molecular formula is C18H17BrN4O6S. The number of rotatable bonds is 7. The third-order valence-electron chi connectivity index (χ3n) is 4.11. The van der Waals surface area contributed by atoms with E-state index in [4.69, 9.17) is 9.57 Å². The minimum atomic E-state index is -4.16. The van der Waals surface area contributed by atoms with E-state index in [0.717, 1.165) is 11.5 Å². The van der Waals surface area contributed by atoms with Crippen LogP contribution in [-0.2, 0) is 14.9 Å². The number of methoxy groups -OCH3 is 1. The van der Waals surface area contributed by atoms with Gasteiger partial charge in [0.15, 0.2) is 0 Å². The second-order valence-corrected chi connectivity index (χ2v) is 8.71. The molecule has 10 nitrogen and oxygen atoms in total. The van der Waals surface area contributed by atoms with Gasteiger partial charge in [-0.05, 0) is 52.3 Å². The van der Waals surface area contributed by atoms with Crippen LogP contribution in [0.15, 0.2) is 64.1 Å². The van der Waals surface area contributed by atoms with Gasteiger partial charge in [-0.25, -0.2) is 13.2 Å². The van der Waals surface area contributed by atoms with Crippen LogP contribution in [0.1, 0.15) is 10.4 Å². The quantitative estimate of drug-likeness (QED) is 0.475. The molecule has 12 heteroatoms. The number of benzene rings is 2. The van der Waals surface area contributed by atoms with Gasteiger partial charge in [0.1, 0.15) is 5.75 Å². The molecule has 0 saturated carbocycles. The zero-order valence-corrected chi connectivity index (χ0v) is 18.2. The summed E-state index contributed by atoms with van der Waals surface area (Å²) in [6.07, 6.45) is 1.28. The number of para-hydroxylation sites is 1. The molecule has 3 aromatic rings. The molecule has 0 amide bonds. The molecule has 2 aromatic carbocycles. The van der Waals surface area contributed by atoms with Gasteiger partial charge in [0, 0.05) is 28.4 Å². The van der Waals surface area contributed by atoms with E-state index in [2.05, 4.69) is 20.9 Å². The molecule has 1 aromatic heterocycles. The number of aromatic nitrogens is 1. The maximum atomic E-state index is 12.7. The minimum absolute atomic E-state index is 0.0519. The molecule has 158 valence electrons. The summed E-state index contributed by atoms with van der Waals surface area (Å²) in [6.45, 7) is 0. The lowest BCUT2D eigenvalue weighted by molar-refractivity contribution is -0.291. The summed E-state index contributed by atoms with van der Waals surface area (Å²) in [5.41, 5.74) is 2.23. The molecule has 0 bridgehead atoms. The number of fused-ring (bicyclic) bond motifs is 1. The Morgan fingerprint density at radius 1 is 1.20 bits per heavy atom. The van der Waals surface area contributed by atoms with Gasteiger partial charge in [-0.2, -0.15) is 0 Å². The molecule has 0 spiro atoms. The van der Waals surface area contributed by atoms with Crippen LogP contribution in [0, 0.1) is 0 Å². The molecule has 0 aliphatic carbocycles. The summed E-state index contributed by atoms with van der Waals surface area (Å²) in [4.78, 5) is 21.6. The highest BCUT2D eigenvalue weighted by atomic mass is 79.9. The highest BCUT2D eigenvalue weighted by Gasteiger charge is 2.30. The standard InChI is InChI=1S/C18H17BrN4O6S/c1-22(30(26,27)15-8-6-14(28-2)7-9-15)23(21-25)29-18(24)13-10-12-4-3-5-16(19)17(12)20-11-13/h3-11,21,25H,1-2H3. The molecule has 0 atom stereocenters. The Morgan fingerprint density at radius 2 is 1.90 bits per heavy atom. The van der Waals surface area contributed by atoms with E-state index in [1.165, 1.54) is 49.2 Å². The summed E-state index contributed by atoms with van der Waals surface area (Å²) in [6, 6.07) is 12.4. The number of nitrogens with zero attached hydrogens (tertiary/aromatic N) is 3. The number of carbonyl (C=O) groups excluding carboxylic acids is 1. The predicted molar refractivity (Wildman–Crippen MR) is 110 cm³/mol. The maximum Gasteiger partial charge on any atom is 0.361 e. The van der Waals surface area contributed by atoms with E-state index in [1.54, 1.807) is 12.1 Å². The van der Waals surface area contributed by atoms with Crippen molar-refractivity contribution in [2.75, 3.05) is 14.2 Å². The van der Waals surface area contributed by atoms with Gasteiger partial charge in [0.25, 0.3) is 10.0 Å². The van der Waals surface area contributed by atoms with Crippen molar-refractivity contribution in [3.05, 3.63) is 64.8 Å². The first kappa shape index (κ1) is 22.1. The second kappa shape index (κ2) is 9.04. The lowest BCUT2D eigenvalue weighted by atomic mass is 10.2. The Kier molecular flexibility index (Phi) is 6.65. The van der Waals surface area contributed by atoms with Crippen LogP contribution in [0.2, 0.25) is 0 Å². The van der Waals surface area contributed by atoms with Crippen molar-refractivity contribution in [3.63, 3.8) is 0 Å². The number of halogens is 1. The van der Waals surface area contributed by atoms with Crippen LogP contribution in [-0.4, -0.2) is 48.4 Å². The van der Waals surface area contributed by atoms with Gasteiger partial charge in [0.05, 0.1) is 23.1 Å². The topological polar surface area (TPSA) is 121 Å². The van der Waals surface area contributed by atoms with E-state index in [1.807, 2.05) is 6.07 Å². The van der Waals surface area contributed by atoms with Gasteiger partial charge in [-0.1, -0.05) is 22.1 Å². The van der Waals surface area contributed by atoms with E-state index < -0.39 is 16.0 Å². The predicted octanol–water partition coefficient (Wildman–Crippen LogP) is 2.51. The molecule has 0 aliphatic rings. The van der Waals surface area contributed by atoms with Crippen LogP contribution >= 0.6 is 15.9 Å². The van der Waals surface area contributed by atoms with E-state index in [-0.39, 0.29) is 15.7 Å². The molecule has 1 heterocycles. The highest BCUT2D eigenvalue weighted by Crippen LogP contribution is 2.23. The van der Waals surface area contributed by atoms with Gasteiger partial charge in [0.2, 0.25) is 0 Å². The van der Waals surface area contributed by atoms with Crippen LogP contribution in [0.25, 0.3) is 10.9 Å². The van der Waals surface area contributed by atoms with Crippen molar-refractivity contribution in [3.8, 4) is 5.75 Å². The SMILES string of the molecule is COc1ccc(S(=O)(=O)N(C)N(NO)OC(=O)c2cnc3c(Br)cccc3c2)cc1. The van der Waals surface area contributed by atoms with Crippen LogP contribution in [0.4, 0.5) is 0 Å². The molecule has 0 unspecified atom stereocenters. The van der Waals surface area contributed by atoms with Crippen molar-refractivity contribution < 1.29 is 28.0 Å². The van der Waals surface area contributed by atoms with E-state index in [9.17, 15) is 18.4 Å². The smallest absolute Gasteiger partial charge is 0.361 e. The first-order chi connectivity index (χ1) is 14.3. The van der Waals surface area contributed by atoms with Gasteiger partial charge in [-0.15, -0.1) is 0 Å². The Balaban J connectivity index is 1.82. The summed E-state index contributed by atoms with van der Waals surface area (Å²) in [7, 11) is -1.62. The highest BCUT2D eigenvalue weighted by molar-refractivity contribution is 9.10. The molecule has 0 aliphatic heterocycles. The average molecular weight is 497 g/mol. The minimum Gasteiger partial charge on any atom is -0.497 e. The van der Waals surface area contributed by atoms with E-state index >= 15 is 0 Å². The summed E-state index contributed by atoms with van der Waals surface area (Å²) in [5.74, 6) is -0.474. The third kappa shape index (κ3) is 4.43. The zero-order valence-electron chi connectivity index (χ0n) is 15.8.